The monoisotopic (exact) mass is 472 g/mol. The predicted octanol–water partition coefficient (Wildman–Crippen LogP) is -0.204. The van der Waals surface area contributed by atoms with Crippen molar-refractivity contribution >= 4 is 28.9 Å². The first kappa shape index (κ1) is 23.9. The molecule has 4 unspecified atom stereocenters. The number of ether oxygens (including phenoxy) is 1. The van der Waals surface area contributed by atoms with Crippen molar-refractivity contribution in [1.82, 2.24) is 24.8 Å². The molecule has 4 atom stereocenters. The number of fused-ring (bicyclic) bond motifs is 1. The lowest BCUT2D eigenvalue weighted by Crippen LogP contribution is -2.35. The number of nitrogens with zero attached hydrogens (tertiary/aromatic N) is 4. The van der Waals surface area contributed by atoms with Gasteiger partial charge >= 0.3 is 5.97 Å². The van der Waals surface area contributed by atoms with E-state index in [1.807, 2.05) is 6.92 Å². The highest BCUT2D eigenvalue weighted by Gasteiger charge is 2.48. The molecule has 34 heavy (non-hydrogen) atoms. The number of aliphatic hydroxyl groups is 2. The number of anilines is 1. The Kier molecular flexibility index (Phi) is 6.97. The number of nitrogens with two attached hydrogens (primary N) is 1. The van der Waals surface area contributed by atoms with E-state index in [9.17, 15) is 24.9 Å². The lowest BCUT2D eigenvalue weighted by molar-refractivity contribution is -0.155. The second-order valence-corrected chi connectivity index (χ2v) is 8.64. The fraction of sp³-hybridized carbons (Fsp3) is 0.591. The van der Waals surface area contributed by atoms with Crippen LogP contribution >= 0.6 is 0 Å². The summed E-state index contributed by atoms with van der Waals surface area (Å²) < 4.78 is 6.66. The van der Waals surface area contributed by atoms with Gasteiger partial charge in [-0.2, -0.15) is 0 Å². The predicted molar refractivity (Wildman–Crippen MR) is 119 cm³/mol. The zero-order chi connectivity index (χ0) is 24.4. The van der Waals surface area contributed by atoms with Gasteiger partial charge in [-0.05, 0) is 44.4 Å². The van der Waals surface area contributed by atoms with Crippen LogP contribution in [-0.2, 0) is 14.3 Å². The molecule has 4 rings (SSSR count). The van der Waals surface area contributed by atoms with E-state index in [0.29, 0.717) is 18.9 Å². The molecule has 6 N–H and O–H groups in total. The Morgan fingerprint density at radius 2 is 1.97 bits per heavy atom. The molecule has 0 aromatic carbocycles. The molecule has 1 saturated carbocycles. The minimum Gasteiger partial charge on any atom is -0.479 e. The van der Waals surface area contributed by atoms with Crippen molar-refractivity contribution in [3.63, 3.8) is 0 Å². The molecule has 1 aliphatic heterocycles. The summed E-state index contributed by atoms with van der Waals surface area (Å²) in [4.78, 5) is 35.9. The third-order valence-corrected chi connectivity index (χ3v) is 6.36. The molecule has 2 aromatic rings. The number of carbonyl (C=O) groups is 2. The van der Waals surface area contributed by atoms with E-state index in [1.165, 1.54) is 10.9 Å². The van der Waals surface area contributed by atoms with Gasteiger partial charge in [0.15, 0.2) is 23.8 Å². The number of hydrogen-bond acceptors (Lipinski definition) is 9. The number of aromatic nitrogens is 4. The van der Waals surface area contributed by atoms with Crippen LogP contribution in [0.4, 0.5) is 5.82 Å². The van der Waals surface area contributed by atoms with E-state index < -0.39 is 30.5 Å². The van der Waals surface area contributed by atoms with Gasteiger partial charge in [-0.15, -0.1) is 0 Å². The number of amides is 1. The maximum absolute atomic E-state index is 12.0. The second kappa shape index (κ2) is 9.92. The van der Waals surface area contributed by atoms with Crippen molar-refractivity contribution in [3.05, 3.63) is 12.2 Å². The van der Waals surface area contributed by atoms with Gasteiger partial charge in [0, 0.05) is 18.9 Å². The van der Waals surface area contributed by atoms with Crippen molar-refractivity contribution in [2.24, 2.45) is 11.8 Å². The van der Waals surface area contributed by atoms with E-state index in [2.05, 4.69) is 32.1 Å². The van der Waals surface area contributed by atoms with Gasteiger partial charge in [0.05, 0.1) is 6.33 Å². The zero-order valence-electron chi connectivity index (χ0n) is 18.7. The van der Waals surface area contributed by atoms with E-state index in [1.54, 1.807) is 0 Å². The average molecular weight is 473 g/mol. The molecule has 1 aliphatic carbocycles. The molecular weight excluding hydrogens is 444 g/mol. The van der Waals surface area contributed by atoms with E-state index in [4.69, 9.17) is 10.5 Å². The fourth-order valence-electron chi connectivity index (χ4n) is 4.50. The summed E-state index contributed by atoms with van der Waals surface area (Å²) in [5.41, 5.74) is 6.47. The van der Waals surface area contributed by atoms with Gasteiger partial charge in [0.2, 0.25) is 11.7 Å². The molecule has 0 radical (unpaired) electrons. The van der Waals surface area contributed by atoms with Crippen LogP contribution in [-0.4, -0.2) is 71.6 Å². The van der Waals surface area contributed by atoms with Crippen LogP contribution in [0.5, 0.6) is 0 Å². The lowest BCUT2D eigenvalue weighted by Gasteiger charge is -2.26. The highest BCUT2D eigenvalue weighted by atomic mass is 16.6. The largest absolute Gasteiger partial charge is 0.479 e. The number of carboxylic acids is 1. The van der Waals surface area contributed by atoms with E-state index >= 15 is 0 Å². The standard InChI is InChI=1S/C22H28N6O6/c1-2-24-20(31)12-8-6-11(7-9-12)4-3-5-13-26-18(23)14-19(27-13)28(10-25-14)21-16(30)15(29)17(34-21)22(32)33/h10-12,15-17,21,29-30H,2,4,6-9H2,1H3,(H,24,31)(H,32,33)(H2,23,26,27). The molecular formula is C22H28N6O6. The quantitative estimate of drug-likeness (QED) is 0.365. The molecule has 12 heteroatoms. The summed E-state index contributed by atoms with van der Waals surface area (Å²) in [6.45, 7) is 2.56. The van der Waals surface area contributed by atoms with E-state index in [-0.39, 0.29) is 34.6 Å². The second-order valence-electron chi connectivity index (χ2n) is 8.64. The molecule has 2 fully saturated rings. The Bertz CT molecular complexity index is 1130. The number of carbonyl (C=O) groups excluding carboxylic acids is 1. The van der Waals surface area contributed by atoms with Crippen LogP contribution in [0.15, 0.2) is 6.33 Å². The van der Waals surface area contributed by atoms with Crippen LogP contribution < -0.4 is 11.1 Å². The summed E-state index contributed by atoms with van der Waals surface area (Å²) in [6, 6.07) is 0. The molecule has 2 aromatic heterocycles. The number of imidazole rings is 1. The van der Waals surface area contributed by atoms with Crippen LogP contribution in [0.3, 0.4) is 0 Å². The Morgan fingerprint density at radius 3 is 2.62 bits per heavy atom. The van der Waals surface area contributed by atoms with Crippen LogP contribution in [0.2, 0.25) is 0 Å². The van der Waals surface area contributed by atoms with Gasteiger partial charge in [0.25, 0.3) is 0 Å². The maximum atomic E-state index is 12.0. The minimum atomic E-state index is -1.61. The first-order chi connectivity index (χ1) is 16.3. The molecule has 1 saturated heterocycles. The first-order valence-corrected chi connectivity index (χ1v) is 11.3. The summed E-state index contributed by atoms with van der Waals surface area (Å²) in [5.74, 6) is 5.44. The van der Waals surface area contributed by atoms with Gasteiger partial charge in [-0.3, -0.25) is 9.36 Å². The van der Waals surface area contributed by atoms with Crippen LogP contribution in [0.1, 0.15) is 51.1 Å². The topological polar surface area (TPSA) is 186 Å². The highest BCUT2D eigenvalue weighted by molar-refractivity contribution is 5.82. The number of rotatable bonds is 5. The number of aliphatic carboxylic acids is 1. The van der Waals surface area contributed by atoms with Crippen molar-refractivity contribution in [2.45, 2.75) is 63.6 Å². The molecule has 182 valence electrons. The molecule has 12 nitrogen and oxygen atoms in total. The van der Waals surface area contributed by atoms with Gasteiger partial charge in [0.1, 0.15) is 17.7 Å². The Hall–Kier alpha value is -3.27. The number of hydrogen-bond donors (Lipinski definition) is 5. The third kappa shape index (κ3) is 4.68. The van der Waals surface area contributed by atoms with Gasteiger partial charge in [-0.1, -0.05) is 5.92 Å². The molecule has 0 spiro atoms. The number of nitrogens with one attached hydrogen (secondary N) is 1. The van der Waals surface area contributed by atoms with E-state index in [0.717, 1.165) is 25.7 Å². The lowest BCUT2D eigenvalue weighted by atomic mass is 9.80. The number of carboxylic acid groups (broad SMARTS) is 1. The normalized spacial score (nSPS) is 28.9. The van der Waals surface area contributed by atoms with Crippen molar-refractivity contribution in [2.75, 3.05) is 12.3 Å². The zero-order valence-corrected chi connectivity index (χ0v) is 18.7. The van der Waals surface area contributed by atoms with Crippen LogP contribution in [0.25, 0.3) is 11.2 Å². The van der Waals surface area contributed by atoms with Crippen molar-refractivity contribution < 1.29 is 29.6 Å². The van der Waals surface area contributed by atoms with Crippen molar-refractivity contribution in [1.29, 1.82) is 0 Å². The summed E-state index contributed by atoms with van der Waals surface area (Å²) in [7, 11) is 0. The number of nitrogen functional groups attached to an aromatic ring is 1. The molecule has 3 heterocycles. The number of aliphatic hydroxyl groups excluding tert-OH is 2. The first-order valence-electron chi connectivity index (χ1n) is 11.3. The third-order valence-electron chi connectivity index (χ3n) is 6.36. The van der Waals surface area contributed by atoms with Crippen molar-refractivity contribution in [3.8, 4) is 11.8 Å². The summed E-state index contributed by atoms with van der Waals surface area (Å²) in [6.07, 6.45) is -0.426. The summed E-state index contributed by atoms with van der Waals surface area (Å²) in [5, 5.41) is 32.4. The Labute approximate surface area is 195 Å². The van der Waals surface area contributed by atoms with Gasteiger partial charge < -0.3 is 31.1 Å². The Morgan fingerprint density at radius 1 is 1.24 bits per heavy atom. The molecule has 2 aliphatic rings. The smallest absolute Gasteiger partial charge is 0.335 e. The SMILES string of the molecule is CCNC(=O)C1CCC(CC#Cc2nc(N)c3ncn(C4OC(C(=O)O)C(O)C4O)c3n2)CC1. The minimum absolute atomic E-state index is 0.0717. The van der Waals surface area contributed by atoms with Gasteiger partial charge in [-0.25, -0.2) is 19.7 Å². The highest BCUT2D eigenvalue weighted by Crippen LogP contribution is 2.33. The molecule has 1 amide bonds. The summed E-state index contributed by atoms with van der Waals surface area (Å²) >= 11 is 0. The average Bonchev–Trinajstić information content (AvgIpc) is 3.36. The molecule has 0 bridgehead atoms. The Balaban J connectivity index is 1.47. The fourth-order valence-corrected chi connectivity index (χ4v) is 4.50. The maximum Gasteiger partial charge on any atom is 0.335 e. The van der Waals surface area contributed by atoms with Crippen LogP contribution in [0, 0.1) is 23.7 Å².